The average Bonchev–Trinajstić information content (AvgIpc) is 2.46. The number of nitrogens with zero attached hydrogens (tertiary/aromatic N) is 1. The van der Waals surface area contributed by atoms with E-state index in [0.717, 1.165) is 28.6 Å². The highest BCUT2D eigenvalue weighted by Gasteiger charge is 2.37. The Labute approximate surface area is 131 Å². The molecule has 0 bridgehead atoms. The summed E-state index contributed by atoms with van der Waals surface area (Å²) in [5.41, 5.74) is 5.24. The van der Waals surface area contributed by atoms with Gasteiger partial charge in [-0.3, -0.25) is 4.79 Å². The third-order valence-corrected chi connectivity index (χ3v) is 5.37. The number of carbonyl (C=O) groups excluding carboxylic acids is 1. The Kier molecular flexibility index (Phi) is 4.85. The summed E-state index contributed by atoms with van der Waals surface area (Å²) in [7, 11) is -4.02. The van der Waals surface area contributed by atoms with Crippen molar-refractivity contribution in [3.63, 3.8) is 0 Å². The molecule has 1 aliphatic heterocycles. The predicted octanol–water partition coefficient (Wildman–Crippen LogP) is 1.61. The number of alkyl halides is 3. The first-order valence-corrected chi connectivity index (χ1v) is 8.22. The molecule has 0 unspecified atom stereocenters. The summed E-state index contributed by atoms with van der Waals surface area (Å²) >= 11 is 0. The molecule has 0 radical (unpaired) electrons. The molecule has 6 nitrogen and oxygen atoms in total. The third kappa shape index (κ3) is 4.14. The summed E-state index contributed by atoms with van der Waals surface area (Å²) in [6.45, 7) is 0.136. The van der Waals surface area contributed by atoms with E-state index >= 15 is 0 Å². The van der Waals surface area contributed by atoms with E-state index in [0.29, 0.717) is 19.3 Å². The van der Waals surface area contributed by atoms with Crippen molar-refractivity contribution in [1.82, 2.24) is 4.31 Å². The lowest BCUT2D eigenvalue weighted by Crippen LogP contribution is -2.50. The molecule has 0 aliphatic carbocycles. The van der Waals surface area contributed by atoms with Crippen molar-refractivity contribution in [3.8, 4) is 5.75 Å². The quantitative estimate of drug-likeness (QED) is 0.891. The number of amides is 1. The van der Waals surface area contributed by atoms with Gasteiger partial charge >= 0.3 is 6.36 Å². The molecular weight excluding hydrogens is 337 g/mol. The number of hydrogen-bond acceptors (Lipinski definition) is 4. The van der Waals surface area contributed by atoms with Crippen LogP contribution in [0.15, 0.2) is 29.2 Å². The molecular formula is C13H15F3N2O4S. The van der Waals surface area contributed by atoms with Crippen molar-refractivity contribution in [2.75, 3.05) is 6.54 Å². The van der Waals surface area contributed by atoms with Crippen LogP contribution >= 0.6 is 0 Å². The molecule has 10 heteroatoms. The molecule has 1 aliphatic rings. The van der Waals surface area contributed by atoms with Crippen LogP contribution in [0.5, 0.6) is 5.75 Å². The number of ether oxygens (including phenoxy) is 1. The van der Waals surface area contributed by atoms with Crippen molar-refractivity contribution in [3.05, 3.63) is 24.3 Å². The van der Waals surface area contributed by atoms with E-state index in [9.17, 15) is 26.4 Å². The van der Waals surface area contributed by atoms with Crippen LogP contribution < -0.4 is 10.5 Å². The van der Waals surface area contributed by atoms with Gasteiger partial charge in [-0.1, -0.05) is 6.42 Å². The first-order valence-electron chi connectivity index (χ1n) is 6.78. The maximum absolute atomic E-state index is 12.6. The minimum Gasteiger partial charge on any atom is -0.406 e. The highest BCUT2D eigenvalue weighted by atomic mass is 32.2. The van der Waals surface area contributed by atoms with Gasteiger partial charge in [-0.05, 0) is 37.1 Å². The molecule has 2 N–H and O–H groups in total. The fourth-order valence-electron chi connectivity index (χ4n) is 2.43. The van der Waals surface area contributed by atoms with Crippen LogP contribution in [-0.2, 0) is 14.8 Å². The van der Waals surface area contributed by atoms with Gasteiger partial charge in [0.2, 0.25) is 15.9 Å². The van der Waals surface area contributed by atoms with Gasteiger partial charge in [-0.25, -0.2) is 8.42 Å². The number of carbonyl (C=O) groups is 1. The van der Waals surface area contributed by atoms with Gasteiger partial charge in [0.1, 0.15) is 11.8 Å². The summed E-state index contributed by atoms with van der Waals surface area (Å²) < 4.78 is 66.1. The lowest BCUT2D eigenvalue weighted by molar-refractivity contribution is -0.274. The number of halogens is 3. The van der Waals surface area contributed by atoms with E-state index in [4.69, 9.17) is 5.73 Å². The number of nitrogens with two attached hydrogens (primary N) is 1. The molecule has 0 saturated carbocycles. The fourth-order valence-corrected chi connectivity index (χ4v) is 4.09. The van der Waals surface area contributed by atoms with E-state index in [1.54, 1.807) is 0 Å². The maximum atomic E-state index is 12.6. The summed E-state index contributed by atoms with van der Waals surface area (Å²) in [4.78, 5) is 11.2. The highest BCUT2D eigenvalue weighted by molar-refractivity contribution is 7.89. The molecule has 23 heavy (non-hydrogen) atoms. The topological polar surface area (TPSA) is 89.7 Å². The molecule has 1 aromatic rings. The number of benzene rings is 1. The number of rotatable bonds is 4. The third-order valence-electron chi connectivity index (χ3n) is 3.45. The molecule has 2 rings (SSSR count). The van der Waals surface area contributed by atoms with Crippen LogP contribution in [-0.4, -0.2) is 37.6 Å². The second kappa shape index (κ2) is 6.36. The molecule has 1 amide bonds. The Balaban J connectivity index is 2.26. The first-order chi connectivity index (χ1) is 10.6. The van der Waals surface area contributed by atoms with Gasteiger partial charge < -0.3 is 10.5 Å². The van der Waals surface area contributed by atoms with Gasteiger partial charge in [-0.2, -0.15) is 4.31 Å². The molecule has 1 aromatic carbocycles. The van der Waals surface area contributed by atoms with E-state index < -0.39 is 34.1 Å². The van der Waals surface area contributed by atoms with Crippen LogP contribution in [0.25, 0.3) is 0 Å². The van der Waals surface area contributed by atoms with Crippen molar-refractivity contribution in [2.45, 2.75) is 36.6 Å². The van der Waals surface area contributed by atoms with Gasteiger partial charge in [0, 0.05) is 6.54 Å². The molecule has 128 valence electrons. The number of hydrogen-bond donors (Lipinski definition) is 1. The van der Waals surface area contributed by atoms with E-state index in [2.05, 4.69) is 4.74 Å². The Morgan fingerprint density at radius 3 is 2.35 bits per heavy atom. The number of sulfonamides is 1. The largest absolute Gasteiger partial charge is 0.573 e. The van der Waals surface area contributed by atoms with Crippen LogP contribution in [0.3, 0.4) is 0 Å². The monoisotopic (exact) mass is 352 g/mol. The minimum absolute atomic E-state index is 0.136. The van der Waals surface area contributed by atoms with Gasteiger partial charge in [0.25, 0.3) is 0 Å². The van der Waals surface area contributed by atoms with E-state index in [1.165, 1.54) is 0 Å². The Bertz CT molecular complexity index is 673. The summed E-state index contributed by atoms with van der Waals surface area (Å²) in [5, 5.41) is 0. The zero-order chi connectivity index (χ0) is 17.3. The smallest absolute Gasteiger partial charge is 0.406 e. The minimum atomic E-state index is -4.86. The highest BCUT2D eigenvalue weighted by Crippen LogP contribution is 2.28. The zero-order valence-corrected chi connectivity index (χ0v) is 12.7. The molecule has 1 saturated heterocycles. The van der Waals surface area contributed by atoms with Gasteiger partial charge in [0.15, 0.2) is 0 Å². The second-order valence-corrected chi connectivity index (χ2v) is 6.94. The van der Waals surface area contributed by atoms with Crippen molar-refractivity contribution < 1.29 is 31.1 Å². The van der Waals surface area contributed by atoms with Gasteiger partial charge in [-0.15, -0.1) is 13.2 Å². The summed E-state index contributed by atoms with van der Waals surface area (Å²) in [6.07, 6.45) is -3.27. The zero-order valence-electron chi connectivity index (χ0n) is 11.9. The van der Waals surface area contributed by atoms with Crippen molar-refractivity contribution in [2.24, 2.45) is 5.73 Å². The normalized spacial score (nSPS) is 20.2. The SMILES string of the molecule is NC(=O)[C@H]1CCCCN1S(=O)(=O)c1ccc(OC(F)(F)F)cc1. The second-order valence-electron chi connectivity index (χ2n) is 5.05. The van der Waals surface area contributed by atoms with Crippen molar-refractivity contribution in [1.29, 1.82) is 0 Å². The maximum Gasteiger partial charge on any atom is 0.573 e. The molecule has 1 atom stereocenters. The summed E-state index contributed by atoms with van der Waals surface area (Å²) in [5.74, 6) is -1.27. The summed E-state index contributed by atoms with van der Waals surface area (Å²) in [6, 6.07) is 2.87. The van der Waals surface area contributed by atoms with Gasteiger partial charge in [0.05, 0.1) is 4.90 Å². The van der Waals surface area contributed by atoms with E-state index in [1.807, 2.05) is 0 Å². The Hall–Kier alpha value is -1.81. The van der Waals surface area contributed by atoms with Crippen LogP contribution in [0.2, 0.25) is 0 Å². The van der Waals surface area contributed by atoms with Crippen LogP contribution in [0.4, 0.5) is 13.2 Å². The predicted molar refractivity (Wildman–Crippen MR) is 73.9 cm³/mol. The Morgan fingerprint density at radius 2 is 1.83 bits per heavy atom. The van der Waals surface area contributed by atoms with Crippen LogP contribution in [0, 0.1) is 0 Å². The van der Waals surface area contributed by atoms with Crippen molar-refractivity contribution >= 4 is 15.9 Å². The molecule has 0 spiro atoms. The van der Waals surface area contributed by atoms with Crippen LogP contribution in [0.1, 0.15) is 19.3 Å². The molecule has 1 heterocycles. The number of piperidine rings is 1. The Morgan fingerprint density at radius 1 is 1.22 bits per heavy atom. The standard InChI is InChI=1S/C13H15F3N2O4S/c14-13(15,16)22-9-4-6-10(7-5-9)23(20,21)18-8-2-1-3-11(18)12(17)19/h4-7,11H,1-3,8H2,(H2,17,19)/t11-/m1/s1. The molecule has 1 fully saturated rings. The lowest BCUT2D eigenvalue weighted by atomic mass is 10.0. The lowest BCUT2D eigenvalue weighted by Gasteiger charge is -2.32. The average molecular weight is 352 g/mol. The van der Waals surface area contributed by atoms with E-state index in [-0.39, 0.29) is 11.4 Å². The molecule has 0 aromatic heterocycles. The fraction of sp³-hybridized carbons (Fsp3) is 0.462. The first kappa shape index (κ1) is 17.5. The number of primary amides is 1.